The molecular weight excluding hydrogens is 346 g/mol. The summed E-state index contributed by atoms with van der Waals surface area (Å²) in [5, 5.41) is 3.69. The molecule has 5 heteroatoms. The monoisotopic (exact) mass is 372 g/mol. The van der Waals surface area contributed by atoms with Crippen molar-refractivity contribution in [2.75, 3.05) is 38.6 Å². The van der Waals surface area contributed by atoms with Crippen LogP contribution in [0.25, 0.3) is 0 Å². The van der Waals surface area contributed by atoms with Gasteiger partial charge in [-0.2, -0.15) is 0 Å². The highest BCUT2D eigenvalue weighted by Crippen LogP contribution is 2.17. The Morgan fingerprint density at radius 3 is 2.46 bits per heavy atom. The van der Waals surface area contributed by atoms with Crippen LogP contribution in [0.3, 0.4) is 0 Å². The van der Waals surface area contributed by atoms with Crippen molar-refractivity contribution in [1.29, 1.82) is 0 Å². The molecule has 26 heavy (non-hydrogen) atoms. The second kappa shape index (κ2) is 8.56. The second-order valence-electron chi connectivity index (χ2n) is 7.12. The van der Waals surface area contributed by atoms with Crippen LogP contribution in [0.5, 0.6) is 0 Å². The Morgan fingerprint density at radius 2 is 1.85 bits per heavy atom. The molecule has 1 aliphatic rings. The first-order chi connectivity index (χ1) is 12.5. The van der Waals surface area contributed by atoms with E-state index >= 15 is 0 Å². The highest BCUT2D eigenvalue weighted by molar-refractivity contribution is 6.30. The molecule has 0 aromatic heterocycles. The summed E-state index contributed by atoms with van der Waals surface area (Å²) in [5.41, 5.74) is 3.07. The Hall–Kier alpha value is -2.04. The smallest absolute Gasteiger partial charge is 0.251 e. The van der Waals surface area contributed by atoms with Crippen LogP contribution in [0.2, 0.25) is 5.02 Å². The molecule has 4 nitrogen and oxygen atoms in total. The lowest BCUT2D eigenvalue weighted by atomic mass is 10.0. The van der Waals surface area contributed by atoms with E-state index in [-0.39, 0.29) is 11.9 Å². The van der Waals surface area contributed by atoms with Gasteiger partial charge in [-0.1, -0.05) is 29.8 Å². The molecule has 1 saturated heterocycles. The maximum absolute atomic E-state index is 12.5. The van der Waals surface area contributed by atoms with Crippen molar-refractivity contribution in [3.8, 4) is 0 Å². The minimum atomic E-state index is -0.0685. The fourth-order valence-corrected chi connectivity index (χ4v) is 3.80. The number of benzene rings is 2. The summed E-state index contributed by atoms with van der Waals surface area (Å²) >= 11 is 6.00. The minimum absolute atomic E-state index is 0.0685. The van der Waals surface area contributed by atoms with Crippen LogP contribution in [-0.4, -0.2) is 39.6 Å². The molecule has 0 saturated carbocycles. The molecule has 2 aromatic rings. The van der Waals surface area contributed by atoms with Gasteiger partial charge in [0.2, 0.25) is 0 Å². The van der Waals surface area contributed by atoms with Crippen molar-refractivity contribution in [2.45, 2.75) is 18.9 Å². The lowest BCUT2D eigenvalue weighted by Crippen LogP contribution is -3.11. The van der Waals surface area contributed by atoms with E-state index in [1.54, 1.807) is 29.2 Å². The summed E-state index contributed by atoms with van der Waals surface area (Å²) in [6, 6.07) is 16.0. The molecule has 1 heterocycles. The Balaban J connectivity index is 1.73. The number of rotatable bonds is 6. The van der Waals surface area contributed by atoms with E-state index in [0.29, 0.717) is 17.1 Å². The summed E-state index contributed by atoms with van der Waals surface area (Å²) in [4.78, 5) is 16.2. The first-order valence-electron chi connectivity index (χ1n) is 9.20. The van der Waals surface area contributed by atoms with E-state index in [9.17, 15) is 4.79 Å². The van der Waals surface area contributed by atoms with Crippen LogP contribution in [0.1, 0.15) is 34.8 Å². The first-order valence-corrected chi connectivity index (χ1v) is 9.58. The fourth-order valence-electron chi connectivity index (χ4n) is 3.61. The fraction of sp³-hybridized carbons (Fsp3) is 0.381. The largest absolute Gasteiger partial charge is 0.378 e. The number of hydrogen-bond acceptors (Lipinski definition) is 2. The summed E-state index contributed by atoms with van der Waals surface area (Å²) in [6.07, 6.45) is 2.51. The predicted octanol–water partition coefficient (Wildman–Crippen LogP) is 2.56. The van der Waals surface area contributed by atoms with Crippen LogP contribution in [0, 0.1) is 0 Å². The molecule has 1 amide bonds. The van der Waals surface area contributed by atoms with E-state index in [2.05, 4.69) is 34.5 Å². The zero-order valence-corrected chi connectivity index (χ0v) is 16.2. The molecule has 2 N–H and O–H groups in total. The van der Waals surface area contributed by atoms with E-state index in [1.807, 2.05) is 14.1 Å². The van der Waals surface area contributed by atoms with Crippen LogP contribution < -0.4 is 15.1 Å². The number of halogens is 1. The lowest BCUT2D eigenvalue weighted by molar-refractivity contribution is -0.918. The predicted molar refractivity (Wildman–Crippen MR) is 107 cm³/mol. The third kappa shape index (κ3) is 4.57. The van der Waals surface area contributed by atoms with Crippen molar-refractivity contribution in [3.05, 3.63) is 64.7 Å². The molecule has 3 rings (SSSR count). The molecule has 0 spiro atoms. The topological polar surface area (TPSA) is 36.8 Å². The molecule has 1 atom stereocenters. The Labute approximate surface area is 160 Å². The summed E-state index contributed by atoms with van der Waals surface area (Å²) in [6.45, 7) is 2.95. The Kier molecular flexibility index (Phi) is 6.17. The van der Waals surface area contributed by atoms with E-state index in [0.717, 1.165) is 13.1 Å². The summed E-state index contributed by atoms with van der Waals surface area (Å²) < 4.78 is 0. The maximum atomic E-state index is 12.5. The molecule has 0 radical (unpaired) electrons. The standard InChI is InChI=1S/C21H26ClN3O/c1-24(2)19-10-8-16(9-11-19)20(25-12-3-4-13-25)15-23-21(26)17-6-5-7-18(22)14-17/h5-11,14,20H,3-4,12-13,15H2,1-2H3,(H,23,26)/p+1/t20-/m1/s1. The van der Waals surface area contributed by atoms with Crippen molar-refractivity contribution in [2.24, 2.45) is 0 Å². The van der Waals surface area contributed by atoms with Gasteiger partial charge < -0.3 is 15.1 Å². The average molecular weight is 373 g/mol. The van der Waals surface area contributed by atoms with Gasteiger partial charge in [-0.05, 0) is 30.3 Å². The number of anilines is 1. The van der Waals surface area contributed by atoms with Crippen molar-refractivity contribution in [3.63, 3.8) is 0 Å². The number of quaternary nitrogens is 1. The minimum Gasteiger partial charge on any atom is -0.378 e. The van der Waals surface area contributed by atoms with E-state index in [4.69, 9.17) is 11.6 Å². The van der Waals surface area contributed by atoms with Gasteiger partial charge in [-0.3, -0.25) is 4.79 Å². The Morgan fingerprint density at radius 1 is 1.15 bits per heavy atom. The maximum Gasteiger partial charge on any atom is 0.251 e. The van der Waals surface area contributed by atoms with Crippen LogP contribution in [0.4, 0.5) is 5.69 Å². The quantitative estimate of drug-likeness (QED) is 0.817. The number of carbonyl (C=O) groups is 1. The summed E-state index contributed by atoms with van der Waals surface area (Å²) in [5.74, 6) is -0.0685. The van der Waals surface area contributed by atoms with Crippen LogP contribution >= 0.6 is 11.6 Å². The number of likely N-dealkylation sites (tertiary alicyclic amines) is 1. The number of hydrogen-bond donors (Lipinski definition) is 2. The number of nitrogens with zero attached hydrogens (tertiary/aromatic N) is 1. The van der Waals surface area contributed by atoms with E-state index < -0.39 is 0 Å². The molecule has 138 valence electrons. The zero-order chi connectivity index (χ0) is 18.5. The molecular formula is C21H27ClN3O+. The first kappa shape index (κ1) is 18.7. The van der Waals surface area contributed by atoms with Gasteiger partial charge in [0.1, 0.15) is 6.04 Å². The van der Waals surface area contributed by atoms with Crippen LogP contribution in [-0.2, 0) is 0 Å². The Bertz CT molecular complexity index is 739. The van der Waals surface area contributed by atoms with Gasteiger partial charge in [-0.15, -0.1) is 0 Å². The molecule has 0 unspecified atom stereocenters. The molecule has 1 fully saturated rings. The highest BCUT2D eigenvalue weighted by Gasteiger charge is 2.28. The van der Waals surface area contributed by atoms with Crippen molar-refractivity contribution in [1.82, 2.24) is 5.32 Å². The van der Waals surface area contributed by atoms with Gasteiger partial charge in [-0.25, -0.2) is 0 Å². The van der Waals surface area contributed by atoms with Gasteiger partial charge in [0.15, 0.2) is 0 Å². The lowest BCUT2D eigenvalue weighted by Gasteiger charge is -2.26. The SMILES string of the molecule is CN(C)c1ccc([C@@H](CNC(=O)c2cccc(Cl)c2)[NH+]2CCCC2)cc1. The van der Waals surface area contributed by atoms with E-state index in [1.165, 1.54) is 24.1 Å². The van der Waals surface area contributed by atoms with Gasteiger partial charge in [0.25, 0.3) is 5.91 Å². The normalized spacial score (nSPS) is 15.7. The number of amides is 1. The van der Waals surface area contributed by atoms with Crippen molar-refractivity contribution >= 4 is 23.2 Å². The van der Waals surface area contributed by atoms with Gasteiger partial charge in [0, 0.05) is 48.8 Å². The van der Waals surface area contributed by atoms with Crippen LogP contribution in [0.15, 0.2) is 48.5 Å². The third-order valence-electron chi connectivity index (χ3n) is 5.10. The summed E-state index contributed by atoms with van der Waals surface area (Å²) in [7, 11) is 4.09. The third-order valence-corrected chi connectivity index (χ3v) is 5.34. The van der Waals surface area contributed by atoms with Gasteiger partial charge in [0.05, 0.1) is 19.6 Å². The zero-order valence-electron chi connectivity index (χ0n) is 15.5. The van der Waals surface area contributed by atoms with Gasteiger partial charge >= 0.3 is 0 Å². The average Bonchev–Trinajstić information content (AvgIpc) is 3.16. The number of nitrogens with one attached hydrogen (secondary N) is 2. The molecule has 0 bridgehead atoms. The molecule has 1 aliphatic heterocycles. The van der Waals surface area contributed by atoms with Crippen molar-refractivity contribution < 1.29 is 9.69 Å². The second-order valence-corrected chi connectivity index (χ2v) is 7.56. The molecule has 0 aliphatic carbocycles. The highest BCUT2D eigenvalue weighted by atomic mass is 35.5. The molecule has 2 aromatic carbocycles. The number of carbonyl (C=O) groups excluding carboxylic acids is 1.